The minimum Gasteiger partial charge on any atom is -0.477 e. The molecule has 0 saturated carbocycles. The van der Waals surface area contributed by atoms with Crippen molar-refractivity contribution in [2.75, 3.05) is 0 Å². The maximum absolute atomic E-state index is 12.8. The smallest absolute Gasteiger partial charge is 0.346 e. The van der Waals surface area contributed by atoms with Crippen LogP contribution in [0.1, 0.15) is 20.8 Å². The van der Waals surface area contributed by atoms with Gasteiger partial charge in [-0.1, -0.05) is 18.2 Å². The van der Waals surface area contributed by atoms with Crippen LogP contribution in [0, 0.1) is 17.0 Å². The summed E-state index contributed by atoms with van der Waals surface area (Å²) in [6.45, 7) is 1.68. The van der Waals surface area contributed by atoms with E-state index in [2.05, 4.69) is 0 Å². The lowest BCUT2D eigenvalue weighted by Crippen LogP contribution is -2.08. The molecule has 0 aliphatic heterocycles. The second kappa shape index (κ2) is 7.53. The molecule has 0 unspecified atom stereocenters. The van der Waals surface area contributed by atoms with E-state index >= 15 is 0 Å². The first-order chi connectivity index (χ1) is 13.2. The Morgan fingerprint density at radius 2 is 1.79 bits per heavy atom. The Kier molecular flexibility index (Phi) is 5.30. The van der Waals surface area contributed by atoms with Gasteiger partial charge >= 0.3 is 5.97 Å². The van der Waals surface area contributed by atoms with Gasteiger partial charge in [0.05, 0.1) is 15.6 Å². The molecule has 28 heavy (non-hydrogen) atoms. The van der Waals surface area contributed by atoms with E-state index in [1.165, 1.54) is 36.4 Å². The second-order valence-electron chi connectivity index (χ2n) is 6.10. The van der Waals surface area contributed by atoms with Crippen LogP contribution in [0.4, 0.5) is 5.69 Å². The Labute approximate surface area is 165 Å². The standard InChI is InChI=1S/C19H15NO6S2/c1-12-4-2-3-5-17(12)28(25,26)11-14-10-16(27-18(14)19(21)22)13-6-8-15(9-7-13)20(23)24/h2-10H,11H2,1H3,(H,21,22). The van der Waals surface area contributed by atoms with Gasteiger partial charge in [-0.2, -0.15) is 0 Å². The Balaban J connectivity index is 2.01. The van der Waals surface area contributed by atoms with Gasteiger partial charge in [0, 0.05) is 17.0 Å². The molecule has 0 atom stereocenters. The minimum atomic E-state index is -3.73. The molecule has 1 aromatic heterocycles. The number of thiophene rings is 1. The van der Waals surface area contributed by atoms with Gasteiger partial charge < -0.3 is 5.11 Å². The van der Waals surface area contributed by atoms with Crippen LogP contribution in [-0.4, -0.2) is 24.4 Å². The van der Waals surface area contributed by atoms with Crippen LogP contribution in [0.15, 0.2) is 59.5 Å². The van der Waals surface area contributed by atoms with Crippen molar-refractivity contribution in [3.05, 3.63) is 80.7 Å². The van der Waals surface area contributed by atoms with Crippen molar-refractivity contribution in [2.45, 2.75) is 17.6 Å². The van der Waals surface area contributed by atoms with Gasteiger partial charge in [0.1, 0.15) is 4.88 Å². The number of nitro groups is 1. The topological polar surface area (TPSA) is 115 Å². The molecule has 1 heterocycles. The van der Waals surface area contributed by atoms with Crippen molar-refractivity contribution < 1.29 is 23.2 Å². The number of carboxylic acid groups (broad SMARTS) is 1. The molecule has 0 spiro atoms. The van der Waals surface area contributed by atoms with E-state index in [0.717, 1.165) is 11.3 Å². The van der Waals surface area contributed by atoms with E-state index in [9.17, 15) is 28.4 Å². The molecule has 0 bridgehead atoms. The lowest BCUT2D eigenvalue weighted by molar-refractivity contribution is -0.384. The highest BCUT2D eigenvalue weighted by atomic mass is 32.2. The minimum absolute atomic E-state index is 0.0643. The molecule has 144 valence electrons. The van der Waals surface area contributed by atoms with E-state index < -0.39 is 26.5 Å². The molecule has 0 saturated heterocycles. The Morgan fingerprint density at radius 3 is 2.36 bits per heavy atom. The lowest BCUT2D eigenvalue weighted by atomic mass is 10.1. The summed E-state index contributed by atoms with van der Waals surface area (Å²) < 4.78 is 25.6. The van der Waals surface area contributed by atoms with Gasteiger partial charge in [0.15, 0.2) is 9.84 Å². The summed E-state index contributed by atoms with van der Waals surface area (Å²) in [5.74, 6) is -1.66. The first-order valence-electron chi connectivity index (χ1n) is 8.08. The van der Waals surface area contributed by atoms with Crippen LogP contribution in [0.2, 0.25) is 0 Å². The predicted molar refractivity (Wildman–Crippen MR) is 105 cm³/mol. The Bertz CT molecular complexity index is 1160. The van der Waals surface area contributed by atoms with E-state index in [1.807, 2.05) is 0 Å². The maximum Gasteiger partial charge on any atom is 0.346 e. The van der Waals surface area contributed by atoms with Gasteiger partial charge in [-0.25, -0.2) is 13.2 Å². The second-order valence-corrected chi connectivity index (χ2v) is 9.11. The first kappa shape index (κ1) is 19.7. The molecular weight excluding hydrogens is 402 g/mol. The van der Waals surface area contributed by atoms with Crippen LogP contribution < -0.4 is 0 Å². The van der Waals surface area contributed by atoms with Crippen LogP contribution >= 0.6 is 11.3 Å². The maximum atomic E-state index is 12.8. The fourth-order valence-corrected chi connectivity index (χ4v) is 5.55. The molecule has 0 aliphatic rings. The summed E-state index contributed by atoms with van der Waals surface area (Å²) in [6.07, 6.45) is 0. The number of carboxylic acids is 1. The van der Waals surface area contributed by atoms with Gasteiger partial charge in [0.2, 0.25) is 0 Å². The van der Waals surface area contributed by atoms with Gasteiger partial charge in [-0.15, -0.1) is 11.3 Å². The van der Waals surface area contributed by atoms with Crippen molar-refractivity contribution in [2.24, 2.45) is 0 Å². The summed E-state index contributed by atoms with van der Waals surface area (Å²) in [4.78, 5) is 22.5. The highest BCUT2D eigenvalue weighted by molar-refractivity contribution is 7.90. The first-order valence-corrected chi connectivity index (χ1v) is 10.5. The van der Waals surface area contributed by atoms with Gasteiger partial charge in [-0.05, 0) is 47.9 Å². The summed E-state index contributed by atoms with van der Waals surface area (Å²) in [5.41, 5.74) is 1.28. The number of aromatic carboxylic acids is 1. The number of non-ortho nitro benzene ring substituents is 1. The zero-order valence-electron chi connectivity index (χ0n) is 14.7. The number of aryl methyl sites for hydroxylation is 1. The lowest BCUT2D eigenvalue weighted by Gasteiger charge is -2.07. The highest BCUT2D eigenvalue weighted by Crippen LogP contribution is 2.34. The predicted octanol–water partition coefficient (Wildman–Crippen LogP) is 4.30. The zero-order valence-corrected chi connectivity index (χ0v) is 16.3. The van der Waals surface area contributed by atoms with Crippen molar-refractivity contribution in [1.82, 2.24) is 0 Å². The molecule has 0 amide bonds. The average molecular weight is 417 g/mol. The summed E-state index contributed by atoms with van der Waals surface area (Å²) >= 11 is 0.941. The van der Waals surface area contributed by atoms with Crippen molar-refractivity contribution in [3.8, 4) is 10.4 Å². The molecule has 2 aromatic carbocycles. The van der Waals surface area contributed by atoms with E-state index in [1.54, 1.807) is 25.1 Å². The van der Waals surface area contributed by atoms with Crippen LogP contribution in [-0.2, 0) is 15.6 Å². The van der Waals surface area contributed by atoms with Crippen LogP contribution in [0.5, 0.6) is 0 Å². The number of hydrogen-bond donors (Lipinski definition) is 1. The molecular formula is C19H15NO6S2. The number of hydrogen-bond acceptors (Lipinski definition) is 6. The fourth-order valence-electron chi connectivity index (χ4n) is 2.79. The van der Waals surface area contributed by atoms with E-state index in [4.69, 9.17) is 0 Å². The monoisotopic (exact) mass is 417 g/mol. The Morgan fingerprint density at radius 1 is 1.14 bits per heavy atom. The highest BCUT2D eigenvalue weighted by Gasteiger charge is 2.24. The number of carbonyl (C=O) groups is 1. The quantitative estimate of drug-likeness (QED) is 0.472. The zero-order chi connectivity index (χ0) is 20.5. The third-order valence-corrected chi connectivity index (χ3v) is 7.17. The summed E-state index contributed by atoms with van der Waals surface area (Å²) in [5, 5.41) is 20.3. The summed E-state index contributed by atoms with van der Waals surface area (Å²) in [6, 6.07) is 13.7. The number of nitrogens with zero attached hydrogens (tertiary/aromatic N) is 1. The number of nitro benzene ring substituents is 1. The van der Waals surface area contributed by atoms with Crippen molar-refractivity contribution in [1.29, 1.82) is 0 Å². The fraction of sp³-hybridized carbons (Fsp3) is 0.105. The third kappa shape index (κ3) is 3.95. The normalized spacial score (nSPS) is 11.3. The molecule has 0 aliphatic carbocycles. The van der Waals surface area contributed by atoms with Crippen LogP contribution in [0.3, 0.4) is 0 Å². The summed E-state index contributed by atoms with van der Waals surface area (Å²) in [7, 11) is -3.73. The number of rotatable bonds is 6. The molecule has 9 heteroatoms. The SMILES string of the molecule is Cc1ccccc1S(=O)(=O)Cc1cc(-c2ccc([N+](=O)[O-])cc2)sc1C(=O)O. The Hall–Kier alpha value is -3.04. The van der Waals surface area contributed by atoms with Crippen molar-refractivity contribution >= 4 is 32.8 Å². The molecule has 0 radical (unpaired) electrons. The van der Waals surface area contributed by atoms with Crippen LogP contribution in [0.25, 0.3) is 10.4 Å². The molecule has 3 aromatic rings. The number of benzene rings is 2. The number of sulfone groups is 1. The molecule has 7 nitrogen and oxygen atoms in total. The van der Waals surface area contributed by atoms with Gasteiger partial charge in [-0.3, -0.25) is 10.1 Å². The molecule has 3 rings (SSSR count). The van der Waals surface area contributed by atoms with Gasteiger partial charge in [0.25, 0.3) is 5.69 Å². The molecule has 0 fully saturated rings. The molecule has 1 N–H and O–H groups in total. The largest absolute Gasteiger partial charge is 0.477 e. The van der Waals surface area contributed by atoms with Crippen molar-refractivity contribution in [3.63, 3.8) is 0 Å². The third-order valence-electron chi connectivity index (χ3n) is 4.14. The van der Waals surface area contributed by atoms with E-state index in [-0.39, 0.29) is 21.0 Å². The average Bonchev–Trinajstić information content (AvgIpc) is 3.05. The van der Waals surface area contributed by atoms with E-state index in [0.29, 0.717) is 16.0 Å².